The molecule has 25 heavy (non-hydrogen) atoms. The summed E-state index contributed by atoms with van der Waals surface area (Å²) in [6.45, 7) is 6.53. The van der Waals surface area contributed by atoms with Gasteiger partial charge in [-0.15, -0.1) is 11.1 Å². The maximum Gasteiger partial charge on any atom is 2.00 e. The first-order valence-electron chi connectivity index (χ1n) is 8.13. The predicted octanol–water partition coefficient (Wildman–Crippen LogP) is 4.93. The molecule has 1 N–H and O–H groups in total. The molecule has 0 spiro atoms. The standard InChI is InChI=1S/C17H19OSi.C5H5.Fe/c1-19(2,3)14-13-17(18,16-11-7-8-12-16)15-9-5-4-6-10-15;1-2-4-5-3-1;/h4-12,18H,1-3H3;1-5H;/q2*-1;+2. The molecule has 1 nitrogen and oxygen atoms in total. The summed E-state index contributed by atoms with van der Waals surface area (Å²) >= 11 is 0. The second-order valence-electron chi connectivity index (χ2n) is 6.71. The number of hydrogen-bond acceptors (Lipinski definition) is 1. The molecule has 0 aliphatic heterocycles. The van der Waals surface area contributed by atoms with Crippen LogP contribution in [0.4, 0.5) is 0 Å². The number of hydrogen-bond donors (Lipinski definition) is 1. The zero-order valence-corrected chi connectivity index (χ0v) is 17.0. The summed E-state index contributed by atoms with van der Waals surface area (Å²) < 4.78 is 0. The number of rotatable bonds is 2. The van der Waals surface area contributed by atoms with Crippen molar-refractivity contribution in [3.63, 3.8) is 0 Å². The SMILES string of the molecule is C[Si](C)(C)C#CC(O)(c1ccccc1)c1ccc[cH-]1.[Fe+2].c1cc[cH-]c1. The molecule has 0 aromatic heterocycles. The van der Waals surface area contributed by atoms with E-state index in [1.54, 1.807) is 0 Å². The molecule has 3 rings (SSSR count). The van der Waals surface area contributed by atoms with E-state index >= 15 is 0 Å². The Morgan fingerprint density at radius 2 is 1.52 bits per heavy atom. The Bertz CT molecular complexity index is 742. The van der Waals surface area contributed by atoms with Gasteiger partial charge < -0.3 is 5.11 Å². The van der Waals surface area contributed by atoms with Gasteiger partial charge in [0.1, 0.15) is 8.07 Å². The summed E-state index contributed by atoms with van der Waals surface area (Å²) in [6.07, 6.45) is 0. The van der Waals surface area contributed by atoms with Crippen molar-refractivity contribution in [2.45, 2.75) is 25.2 Å². The Morgan fingerprint density at radius 3 is 1.96 bits per heavy atom. The molecule has 0 aliphatic rings. The van der Waals surface area contributed by atoms with E-state index in [9.17, 15) is 5.11 Å². The van der Waals surface area contributed by atoms with Crippen LogP contribution in [-0.2, 0) is 22.7 Å². The second-order valence-corrected chi connectivity index (χ2v) is 11.5. The van der Waals surface area contributed by atoms with Crippen molar-refractivity contribution in [1.29, 1.82) is 0 Å². The van der Waals surface area contributed by atoms with Crippen molar-refractivity contribution in [3.05, 3.63) is 96.1 Å². The molecular weight excluding hydrogens is 364 g/mol. The van der Waals surface area contributed by atoms with Crippen LogP contribution in [0, 0.1) is 11.5 Å². The van der Waals surface area contributed by atoms with E-state index in [1.165, 1.54) is 0 Å². The van der Waals surface area contributed by atoms with Crippen LogP contribution in [0.5, 0.6) is 0 Å². The van der Waals surface area contributed by atoms with Crippen molar-refractivity contribution in [1.82, 2.24) is 0 Å². The second kappa shape index (κ2) is 9.61. The predicted molar refractivity (Wildman–Crippen MR) is 105 cm³/mol. The Labute approximate surface area is 162 Å². The van der Waals surface area contributed by atoms with Crippen LogP contribution in [0.1, 0.15) is 11.1 Å². The molecule has 0 saturated heterocycles. The monoisotopic (exact) mass is 388 g/mol. The molecule has 0 saturated carbocycles. The van der Waals surface area contributed by atoms with Crippen molar-refractivity contribution in [3.8, 4) is 11.5 Å². The maximum absolute atomic E-state index is 11.1. The molecule has 1 atom stereocenters. The van der Waals surface area contributed by atoms with Gasteiger partial charge in [-0.2, -0.15) is 30.3 Å². The van der Waals surface area contributed by atoms with E-state index in [4.69, 9.17) is 0 Å². The molecule has 3 aromatic carbocycles. The van der Waals surface area contributed by atoms with Crippen molar-refractivity contribution < 1.29 is 22.2 Å². The summed E-state index contributed by atoms with van der Waals surface area (Å²) in [4.78, 5) is 0. The van der Waals surface area contributed by atoms with Gasteiger partial charge in [0, 0.05) is 0 Å². The van der Waals surface area contributed by atoms with Gasteiger partial charge in [-0.3, -0.25) is 0 Å². The molecule has 0 heterocycles. The van der Waals surface area contributed by atoms with Crippen molar-refractivity contribution in [2.24, 2.45) is 0 Å². The summed E-state index contributed by atoms with van der Waals surface area (Å²) in [5.74, 6) is 3.12. The zero-order valence-electron chi connectivity index (χ0n) is 14.9. The molecule has 0 bridgehead atoms. The summed E-state index contributed by atoms with van der Waals surface area (Å²) in [5, 5.41) is 11.1. The van der Waals surface area contributed by atoms with Crippen LogP contribution in [0.15, 0.2) is 84.9 Å². The molecule has 130 valence electrons. The van der Waals surface area contributed by atoms with E-state index in [1.807, 2.05) is 84.9 Å². The molecule has 0 amide bonds. The quantitative estimate of drug-likeness (QED) is 0.375. The Morgan fingerprint density at radius 1 is 0.880 bits per heavy atom. The fourth-order valence-electron chi connectivity index (χ4n) is 2.20. The summed E-state index contributed by atoms with van der Waals surface area (Å²) in [6, 6.07) is 27.4. The van der Waals surface area contributed by atoms with Gasteiger partial charge in [0.25, 0.3) is 0 Å². The van der Waals surface area contributed by atoms with Crippen LogP contribution < -0.4 is 0 Å². The first-order valence-corrected chi connectivity index (χ1v) is 11.6. The molecule has 0 aliphatic carbocycles. The number of benzene rings is 1. The van der Waals surface area contributed by atoms with Gasteiger partial charge in [-0.25, -0.2) is 24.3 Å². The zero-order chi connectivity index (χ0) is 17.5. The Balaban J connectivity index is 0.000000448. The third kappa shape index (κ3) is 6.53. The third-order valence-electron chi connectivity index (χ3n) is 3.45. The van der Waals surface area contributed by atoms with E-state index < -0.39 is 13.7 Å². The molecule has 3 aromatic rings. The minimum atomic E-state index is -1.53. The smallest absolute Gasteiger partial charge is 0.371 e. The van der Waals surface area contributed by atoms with Crippen molar-refractivity contribution >= 4 is 8.07 Å². The van der Waals surface area contributed by atoms with Gasteiger partial charge in [0.2, 0.25) is 0 Å². The summed E-state index contributed by atoms with van der Waals surface area (Å²) in [5.41, 5.74) is 3.75. The first-order chi connectivity index (χ1) is 11.4. The number of aliphatic hydroxyl groups is 1. The van der Waals surface area contributed by atoms with E-state index in [-0.39, 0.29) is 17.1 Å². The minimum Gasteiger partial charge on any atom is -0.371 e. The van der Waals surface area contributed by atoms with Gasteiger partial charge in [-0.1, -0.05) is 55.9 Å². The first kappa shape index (κ1) is 21.2. The normalized spacial score (nSPS) is 12.5. The fourth-order valence-corrected chi connectivity index (χ4v) is 2.76. The minimum absolute atomic E-state index is 0. The molecule has 0 fully saturated rings. The van der Waals surface area contributed by atoms with Gasteiger partial charge >= 0.3 is 17.1 Å². The Hall–Kier alpha value is -1.82. The Kier molecular flexibility index (Phi) is 8.15. The molecule has 3 heteroatoms. The van der Waals surface area contributed by atoms with Gasteiger partial charge in [-0.05, 0) is 5.56 Å². The largest absolute Gasteiger partial charge is 2.00 e. The molecule has 0 radical (unpaired) electrons. The van der Waals surface area contributed by atoms with Crippen LogP contribution in [0.25, 0.3) is 0 Å². The van der Waals surface area contributed by atoms with E-state index in [0.29, 0.717) is 0 Å². The van der Waals surface area contributed by atoms with Crippen LogP contribution in [0.3, 0.4) is 0 Å². The molecular formula is C22H24FeOSi. The van der Waals surface area contributed by atoms with Crippen LogP contribution in [0.2, 0.25) is 19.6 Å². The van der Waals surface area contributed by atoms with Crippen LogP contribution in [-0.4, -0.2) is 13.2 Å². The third-order valence-corrected chi connectivity index (χ3v) is 4.32. The fraction of sp³-hybridized carbons (Fsp3) is 0.182. The topological polar surface area (TPSA) is 20.2 Å². The van der Waals surface area contributed by atoms with E-state index in [2.05, 4.69) is 31.1 Å². The molecule has 1 unspecified atom stereocenters. The van der Waals surface area contributed by atoms with Gasteiger partial charge in [0.05, 0.1) is 0 Å². The average Bonchev–Trinajstić information content (AvgIpc) is 3.28. The van der Waals surface area contributed by atoms with Gasteiger partial charge in [0.15, 0.2) is 5.60 Å². The maximum atomic E-state index is 11.1. The van der Waals surface area contributed by atoms with Crippen molar-refractivity contribution in [2.75, 3.05) is 0 Å². The summed E-state index contributed by atoms with van der Waals surface area (Å²) in [7, 11) is -1.53. The average molecular weight is 388 g/mol. The van der Waals surface area contributed by atoms with E-state index in [0.717, 1.165) is 11.1 Å². The van der Waals surface area contributed by atoms with Crippen LogP contribution >= 0.6 is 0 Å².